The monoisotopic (exact) mass is 191 g/mol. The lowest BCUT2D eigenvalue weighted by Crippen LogP contribution is -2.29. The Labute approximate surface area is 82.1 Å². The third-order valence-electron chi connectivity index (χ3n) is 2.35. The van der Waals surface area contributed by atoms with Gasteiger partial charge in [-0.3, -0.25) is 0 Å². The van der Waals surface area contributed by atoms with Gasteiger partial charge in [-0.15, -0.1) is 11.6 Å². The third kappa shape index (κ3) is 5.84. The molecule has 1 atom stereocenters. The molecule has 0 rings (SSSR count). The van der Waals surface area contributed by atoms with Crippen LogP contribution in [0.15, 0.2) is 0 Å². The van der Waals surface area contributed by atoms with Gasteiger partial charge in [0.1, 0.15) is 0 Å². The van der Waals surface area contributed by atoms with E-state index in [1.54, 1.807) is 0 Å². The molecule has 0 heterocycles. The Kier molecular flexibility index (Phi) is 8.04. The fourth-order valence-corrected chi connectivity index (χ4v) is 1.50. The van der Waals surface area contributed by atoms with Gasteiger partial charge in [-0.05, 0) is 39.8 Å². The van der Waals surface area contributed by atoms with Crippen molar-refractivity contribution in [2.24, 2.45) is 0 Å². The Morgan fingerprint density at radius 1 is 1.33 bits per heavy atom. The van der Waals surface area contributed by atoms with Gasteiger partial charge in [-0.25, -0.2) is 0 Å². The summed E-state index contributed by atoms with van der Waals surface area (Å²) < 4.78 is 0. The van der Waals surface area contributed by atoms with E-state index >= 15 is 0 Å². The molecule has 12 heavy (non-hydrogen) atoms. The van der Waals surface area contributed by atoms with Gasteiger partial charge in [0.25, 0.3) is 0 Å². The van der Waals surface area contributed by atoms with Gasteiger partial charge in [0.2, 0.25) is 0 Å². The highest BCUT2D eigenvalue weighted by atomic mass is 35.5. The highest BCUT2D eigenvalue weighted by Crippen LogP contribution is 2.05. The average Bonchev–Trinajstić information content (AvgIpc) is 2.05. The van der Waals surface area contributed by atoms with Crippen molar-refractivity contribution in [1.29, 1.82) is 0 Å². The van der Waals surface area contributed by atoms with Gasteiger partial charge in [0, 0.05) is 11.9 Å². The lowest BCUT2D eigenvalue weighted by Gasteiger charge is -2.23. The molecule has 0 bridgehead atoms. The second kappa shape index (κ2) is 7.88. The molecule has 0 aromatic rings. The Morgan fingerprint density at radius 2 is 2.00 bits per heavy atom. The molecule has 0 aromatic carbocycles. The molecule has 0 saturated heterocycles. The van der Waals surface area contributed by atoms with Crippen molar-refractivity contribution in [2.45, 2.75) is 45.6 Å². The summed E-state index contributed by atoms with van der Waals surface area (Å²) in [4.78, 5) is 2.43. The molecule has 0 aromatic heterocycles. The maximum atomic E-state index is 5.61. The molecule has 0 aliphatic heterocycles. The Bertz CT molecular complexity index is 95.8. The smallest absolute Gasteiger partial charge is 0.0223 e. The maximum absolute atomic E-state index is 5.61. The van der Waals surface area contributed by atoms with Crippen LogP contribution in [0.2, 0.25) is 0 Å². The van der Waals surface area contributed by atoms with Gasteiger partial charge in [0.15, 0.2) is 0 Å². The quantitative estimate of drug-likeness (QED) is 0.442. The van der Waals surface area contributed by atoms with Gasteiger partial charge in [-0.2, -0.15) is 0 Å². The summed E-state index contributed by atoms with van der Waals surface area (Å²) in [5, 5.41) is 0. The summed E-state index contributed by atoms with van der Waals surface area (Å²) in [5.41, 5.74) is 0. The second-order valence-electron chi connectivity index (χ2n) is 3.51. The SMILES string of the molecule is CCCC(C)N(C)CCCCCl. The normalized spacial score (nSPS) is 13.8. The fourth-order valence-electron chi connectivity index (χ4n) is 1.31. The summed E-state index contributed by atoms with van der Waals surface area (Å²) in [7, 11) is 2.20. The molecule has 1 unspecified atom stereocenters. The number of alkyl halides is 1. The van der Waals surface area contributed by atoms with Crippen molar-refractivity contribution < 1.29 is 0 Å². The molecule has 0 N–H and O–H groups in total. The van der Waals surface area contributed by atoms with Gasteiger partial charge >= 0.3 is 0 Å². The van der Waals surface area contributed by atoms with Crippen LogP contribution in [0.5, 0.6) is 0 Å². The zero-order valence-electron chi connectivity index (χ0n) is 8.65. The van der Waals surface area contributed by atoms with Crippen LogP contribution >= 0.6 is 11.6 Å². The summed E-state index contributed by atoms with van der Waals surface area (Å²) in [6.07, 6.45) is 4.96. The molecular weight excluding hydrogens is 170 g/mol. The first-order valence-electron chi connectivity index (χ1n) is 4.98. The lowest BCUT2D eigenvalue weighted by atomic mass is 10.1. The number of rotatable bonds is 7. The topological polar surface area (TPSA) is 3.24 Å². The van der Waals surface area contributed by atoms with Gasteiger partial charge in [0.05, 0.1) is 0 Å². The predicted octanol–water partition coefficient (Wildman–Crippen LogP) is 3.13. The first-order chi connectivity index (χ1) is 5.72. The Morgan fingerprint density at radius 3 is 2.50 bits per heavy atom. The largest absolute Gasteiger partial charge is 0.304 e. The van der Waals surface area contributed by atoms with Crippen molar-refractivity contribution in [3.63, 3.8) is 0 Å². The van der Waals surface area contributed by atoms with E-state index < -0.39 is 0 Å². The van der Waals surface area contributed by atoms with Crippen LogP contribution < -0.4 is 0 Å². The average molecular weight is 192 g/mol. The molecule has 0 spiro atoms. The van der Waals surface area contributed by atoms with Crippen LogP contribution in [0.4, 0.5) is 0 Å². The van der Waals surface area contributed by atoms with Crippen molar-refractivity contribution >= 4 is 11.6 Å². The molecule has 0 fully saturated rings. The molecule has 0 aliphatic rings. The number of nitrogens with zero attached hydrogens (tertiary/aromatic N) is 1. The van der Waals surface area contributed by atoms with E-state index in [2.05, 4.69) is 25.8 Å². The summed E-state index contributed by atoms with van der Waals surface area (Å²) in [6.45, 7) is 5.72. The van der Waals surface area contributed by atoms with E-state index in [0.29, 0.717) is 0 Å². The van der Waals surface area contributed by atoms with E-state index in [1.165, 1.54) is 25.8 Å². The summed E-state index contributed by atoms with van der Waals surface area (Å²) >= 11 is 5.61. The van der Waals surface area contributed by atoms with Gasteiger partial charge < -0.3 is 4.90 Å². The van der Waals surface area contributed by atoms with Crippen LogP contribution in [-0.2, 0) is 0 Å². The number of hydrogen-bond acceptors (Lipinski definition) is 1. The Hall–Kier alpha value is 0.250. The lowest BCUT2D eigenvalue weighted by molar-refractivity contribution is 0.241. The van der Waals surface area contributed by atoms with Crippen LogP contribution in [-0.4, -0.2) is 30.4 Å². The minimum Gasteiger partial charge on any atom is -0.304 e. The first kappa shape index (κ1) is 12.2. The second-order valence-corrected chi connectivity index (χ2v) is 3.89. The summed E-state index contributed by atoms with van der Waals surface area (Å²) in [5.74, 6) is 0.802. The highest BCUT2D eigenvalue weighted by Gasteiger charge is 2.06. The molecule has 2 heteroatoms. The van der Waals surface area contributed by atoms with E-state index in [0.717, 1.165) is 18.3 Å². The molecule has 1 nitrogen and oxygen atoms in total. The van der Waals surface area contributed by atoms with Crippen molar-refractivity contribution in [2.75, 3.05) is 19.5 Å². The molecule has 0 aliphatic carbocycles. The summed E-state index contributed by atoms with van der Waals surface area (Å²) in [6, 6.07) is 0.727. The third-order valence-corrected chi connectivity index (χ3v) is 2.62. The number of halogens is 1. The van der Waals surface area contributed by atoms with Crippen molar-refractivity contribution in [3.05, 3.63) is 0 Å². The Balaban J connectivity index is 3.35. The number of unbranched alkanes of at least 4 members (excludes halogenated alkanes) is 1. The van der Waals surface area contributed by atoms with Crippen LogP contribution in [0.1, 0.15) is 39.5 Å². The van der Waals surface area contributed by atoms with E-state index in [1.807, 2.05) is 0 Å². The molecule has 0 amide bonds. The van der Waals surface area contributed by atoms with E-state index in [4.69, 9.17) is 11.6 Å². The van der Waals surface area contributed by atoms with E-state index in [9.17, 15) is 0 Å². The zero-order chi connectivity index (χ0) is 9.40. The van der Waals surface area contributed by atoms with Gasteiger partial charge in [-0.1, -0.05) is 13.3 Å². The predicted molar refractivity (Wildman–Crippen MR) is 57.0 cm³/mol. The highest BCUT2D eigenvalue weighted by molar-refractivity contribution is 6.17. The minimum atomic E-state index is 0.727. The standard InChI is InChI=1S/C10H22ClN/c1-4-7-10(2)12(3)9-6-5-8-11/h10H,4-9H2,1-3H3. The molecule has 0 radical (unpaired) electrons. The minimum absolute atomic E-state index is 0.727. The fraction of sp³-hybridized carbons (Fsp3) is 1.00. The van der Waals surface area contributed by atoms with E-state index in [-0.39, 0.29) is 0 Å². The number of hydrogen-bond donors (Lipinski definition) is 0. The maximum Gasteiger partial charge on any atom is 0.0223 e. The first-order valence-corrected chi connectivity index (χ1v) is 5.52. The van der Waals surface area contributed by atoms with Crippen molar-refractivity contribution in [1.82, 2.24) is 4.90 Å². The van der Waals surface area contributed by atoms with Crippen LogP contribution in [0, 0.1) is 0 Å². The zero-order valence-corrected chi connectivity index (χ0v) is 9.40. The van der Waals surface area contributed by atoms with Crippen molar-refractivity contribution in [3.8, 4) is 0 Å². The molecular formula is C10H22ClN. The van der Waals surface area contributed by atoms with Crippen LogP contribution in [0.3, 0.4) is 0 Å². The van der Waals surface area contributed by atoms with Crippen LogP contribution in [0.25, 0.3) is 0 Å². The molecule has 74 valence electrons. The molecule has 0 saturated carbocycles.